The van der Waals surface area contributed by atoms with Gasteiger partial charge in [0.05, 0.1) is 24.0 Å². The minimum atomic E-state index is -0.588. The maximum Gasteiger partial charge on any atom is 0.341 e. The molecule has 1 fully saturated rings. The summed E-state index contributed by atoms with van der Waals surface area (Å²) in [5.74, 6) is -0.130. The molecule has 0 aromatic carbocycles. The second-order valence-corrected chi connectivity index (χ2v) is 8.79. The van der Waals surface area contributed by atoms with Crippen LogP contribution >= 0.6 is 22.6 Å². The average Bonchev–Trinajstić information content (AvgIpc) is 2.53. The van der Waals surface area contributed by atoms with Crippen molar-refractivity contribution in [1.29, 1.82) is 0 Å². The number of hydrogen-bond donors (Lipinski definition) is 1. The van der Waals surface area contributed by atoms with Gasteiger partial charge in [0.1, 0.15) is 0 Å². The highest BCUT2D eigenvalue weighted by molar-refractivity contribution is 14.1. The van der Waals surface area contributed by atoms with Crippen LogP contribution in [0.2, 0.25) is 0 Å². The van der Waals surface area contributed by atoms with Crippen molar-refractivity contribution in [2.75, 3.05) is 19.8 Å². The summed E-state index contributed by atoms with van der Waals surface area (Å²) < 4.78 is 11.6. The van der Waals surface area contributed by atoms with Crippen LogP contribution in [0.25, 0.3) is 0 Å². The SMILES string of the molecule is CCOC(=O)c1c(C2CCOCC2)nc2c(c1I)[C@@H](O)CC(C)(C)C2. The summed E-state index contributed by atoms with van der Waals surface area (Å²) in [6.07, 6.45) is 2.63. The van der Waals surface area contributed by atoms with Crippen molar-refractivity contribution >= 4 is 28.6 Å². The predicted octanol–water partition coefficient (Wildman–Crippen LogP) is 3.76. The first-order valence-electron chi connectivity index (χ1n) is 8.99. The summed E-state index contributed by atoms with van der Waals surface area (Å²) in [6.45, 7) is 7.83. The van der Waals surface area contributed by atoms with Crippen LogP contribution in [0.15, 0.2) is 0 Å². The normalized spacial score (nSPS) is 23.2. The second kappa shape index (κ2) is 7.48. The van der Waals surface area contributed by atoms with Crippen LogP contribution in [0.4, 0.5) is 0 Å². The summed E-state index contributed by atoms with van der Waals surface area (Å²) >= 11 is 2.20. The van der Waals surface area contributed by atoms with Crippen LogP contribution in [0.3, 0.4) is 0 Å². The number of aliphatic hydroxyl groups excluding tert-OH is 1. The Hall–Kier alpha value is -0.730. The third kappa shape index (κ3) is 3.85. The van der Waals surface area contributed by atoms with Crippen LogP contribution in [0.5, 0.6) is 0 Å². The molecule has 1 atom stereocenters. The molecule has 0 saturated carbocycles. The molecule has 1 aromatic rings. The molecule has 138 valence electrons. The number of aliphatic hydroxyl groups is 1. The third-order valence-electron chi connectivity index (χ3n) is 5.09. The zero-order chi connectivity index (χ0) is 18.2. The van der Waals surface area contributed by atoms with E-state index in [0.29, 0.717) is 31.8 Å². The summed E-state index contributed by atoms with van der Waals surface area (Å²) in [4.78, 5) is 17.6. The quantitative estimate of drug-likeness (QED) is 0.551. The predicted molar refractivity (Wildman–Crippen MR) is 103 cm³/mol. The molecule has 2 aliphatic rings. The van der Waals surface area contributed by atoms with E-state index < -0.39 is 6.10 Å². The van der Waals surface area contributed by atoms with Crippen LogP contribution in [-0.2, 0) is 15.9 Å². The van der Waals surface area contributed by atoms with Gasteiger partial charge in [0.15, 0.2) is 0 Å². The molecule has 5 nitrogen and oxygen atoms in total. The van der Waals surface area contributed by atoms with Crippen molar-refractivity contribution in [2.45, 2.75) is 58.5 Å². The number of carbonyl (C=O) groups excluding carboxylic acids is 1. The Kier molecular flexibility index (Phi) is 5.70. The maximum absolute atomic E-state index is 12.7. The topological polar surface area (TPSA) is 68.7 Å². The highest BCUT2D eigenvalue weighted by Gasteiger charge is 2.37. The molecule has 0 radical (unpaired) electrons. The maximum atomic E-state index is 12.7. The first kappa shape index (κ1) is 19.0. The third-order valence-corrected chi connectivity index (χ3v) is 6.21. The van der Waals surface area contributed by atoms with Crippen molar-refractivity contribution in [3.05, 3.63) is 26.1 Å². The molecule has 2 heterocycles. The van der Waals surface area contributed by atoms with Crippen molar-refractivity contribution < 1.29 is 19.4 Å². The Morgan fingerprint density at radius 2 is 2.08 bits per heavy atom. The van der Waals surface area contributed by atoms with E-state index in [0.717, 1.165) is 39.8 Å². The van der Waals surface area contributed by atoms with Gasteiger partial charge in [0, 0.05) is 34.0 Å². The molecule has 3 rings (SSSR count). The molecule has 0 bridgehead atoms. The molecular weight excluding hydrogens is 433 g/mol. The van der Waals surface area contributed by atoms with Gasteiger partial charge in [-0.25, -0.2) is 4.79 Å². The lowest BCUT2D eigenvalue weighted by molar-refractivity contribution is 0.0514. The van der Waals surface area contributed by atoms with Crippen molar-refractivity contribution in [2.24, 2.45) is 5.41 Å². The lowest BCUT2D eigenvalue weighted by atomic mass is 9.74. The van der Waals surface area contributed by atoms with Gasteiger partial charge in [0.2, 0.25) is 0 Å². The fourth-order valence-corrected chi connectivity index (χ4v) is 5.09. The van der Waals surface area contributed by atoms with Gasteiger partial charge in [-0.15, -0.1) is 0 Å². The second-order valence-electron chi connectivity index (χ2n) is 7.71. The van der Waals surface area contributed by atoms with E-state index >= 15 is 0 Å². The molecule has 1 aliphatic heterocycles. The molecule has 0 unspecified atom stereocenters. The first-order valence-corrected chi connectivity index (χ1v) is 10.1. The highest BCUT2D eigenvalue weighted by Crippen LogP contribution is 2.44. The number of hydrogen-bond acceptors (Lipinski definition) is 5. The monoisotopic (exact) mass is 459 g/mol. The molecule has 0 spiro atoms. The van der Waals surface area contributed by atoms with Gasteiger partial charge in [-0.3, -0.25) is 4.98 Å². The van der Waals surface area contributed by atoms with Crippen LogP contribution in [0, 0.1) is 8.99 Å². The zero-order valence-corrected chi connectivity index (χ0v) is 17.3. The Labute approximate surface area is 162 Å². The van der Waals surface area contributed by atoms with Gasteiger partial charge < -0.3 is 14.6 Å². The number of esters is 1. The number of halogens is 1. The molecule has 1 N–H and O–H groups in total. The lowest BCUT2D eigenvalue weighted by Gasteiger charge is -2.36. The minimum absolute atomic E-state index is 0.000880. The summed E-state index contributed by atoms with van der Waals surface area (Å²) in [7, 11) is 0. The van der Waals surface area contributed by atoms with Gasteiger partial charge in [0.25, 0.3) is 0 Å². The molecule has 6 heteroatoms. The number of aromatic nitrogens is 1. The number of nitrogens with zero attached hydrogens (tertiary/aromatic N) is 1. The van der Waals surface area contributed by atoms with E-state index in [9.17, 15) is 9.90 Å². The van der Waals surface area contributed by atoms with Crippen LogP contribution < -0.4 is 0 Å². The average molecular weight is 459 g/mol. The Morgan fingerprint density at radius 1 is 1.40 bits per heavy atom. The highest BCUT2D eigenvalue weighted by atomic mass is 127. The van der Waals surface area contributed by atoms with Gasteiger partial charge in [-0.05, 0) is 60.6 Å². The number of fused-ring (bicyclic) bond motifs is 1. The van der Waals surface area contributed by atoms with E-state index in [4.69, 9.17) is 14.5 Å². The standard InChI is InChI=1S/C19H26INO4/c1-4-25-18(23)15-16(20)14-12(9-19(2,3)10-13(14)22)21-17(15)11-5-7-24-8-6-11/h11,13,22H,4-10H2,1-3H3/t13-/m0/s1. The molecule has 1 aliphatic carbocycles. The number of rotatable bonds is 3. The van der Waals surface area contributed by atoms with E-state index in [-0.39, 0.29) is 17.3 Å². The fourth-order valence-electron chi connectivity index (χ4n) is 3.92. The molecule has 1 saturated heterocycles. The largest absolute Gasteiger partial charge is 0.462 e. The first-order chi connectivity index (χ1) is 11.8. The van der Waals surface area contributed by atoms with Crippen molar-refractivity contribution in [3.8, 4) is 0 Å². The van der Waals surface area contributed by atoms with Crippen molar-refractivity contribution in [1.82, 2.24) is 4.98 Å². The van der Waals surface area contributed by atoms with Crippen molar-refractivity contribution in [3.63, 3.8) is 0 Å². The Morgan fingerprint density at radius 3 is 2.72 bits per heavy atom. The molecule has 1 aromatic heterocycles. The van der Waals surface area contributed by atoms with Crippen LogP contribution in [-0.4, -0.2) is 35.9 Å². The summed E-state index contributed by atoms with van der Waals surface area (Å²) in [6, 6.07) is 0. The van der Waals surface area contributed by atoms with Gasteiger partial charge in [-0.2, -0.15) is 0 Å². The van der Waals surface area contributed by atoms with Gasteiger partial charge in [-0.1, -0.05) is 13.8 Å². The zero-order valence-electron chi connectivity index (χ0n) is 15.1. The van der Waals surface area contributed by atoms with E-state index in [1.807, 2.05) is 6.92 Å². The summed E-state index contributed by atoms with van der Waals surface area (Å²) in [5, 5.41) is 10.7. The minimum Gasteiger partial charge on any atom is -0.462 e. The summed E-state index contributed by atoms with van der Waals surface area (Å²) in [5.41, 5.74) is 3.13. The smallest absolute Gasteiger partial charge is 0.341 e. The number of pyridine rings is 1. The molecule has 0 amide bonds. The number of carbonyl (C=O) groups is 1. The Balaban J connectivity index is 2.15. The van der Waals surface area contributed by atoms with E-state index in [1.165, 1.54) is 0 Å². The molecular formula is C19H26INO4. The van der Waals surface area contributed by atoms with E-state index in [1.54, 1.807) is 0 Å². The van der Waals surface area contributed by atoms with Gasteiger partial charge >= 0.3 is 5.97 Å². The fraction of sp³-hybridized carbons (Fsp3) is 0.684. The lowest BCUT2D eigenvalue weighted by Crippen LogP contribution is -2.30. The van der Waals surface area contributed by atoms with Crippen LogP contribution in [0.1, 0.15) is 79.4 Å². The number of ether oxygens (including phenoxy) is 2. The molecule has 25 heavy (non-hydrogen) atoms. The Bertz CT molecular complexity index is 668. The van der Waals surface area contributed by atoms with E-state index in [2.05, 4.69) is 36.4 Å².